The van der Waals surface area contributed by atoms with E-state index in [9.17, 15) is 18.8 Å². The lowest BCUT2D eigenvalue weighted by Gasteiger charge is -2.20. The summed E-state index contributed by atoms with van der Waals surface area (Å²) in [7, 11) is 4.59. The number of aryl methyl sites for hydroxylation is 2. The van der Waals surface area contributed by atoms with E-state index in [-0.39, 0.29) is 22.2 Å². The number of pyridine rings is 1. The molecule has 1 amide bonds. The van der Waals surface area contributed by atoms with E-state index in [0.717, 1.165) is 4.57 Å². The van der Waals surface area contributed by atoms with Crippen LogP contribution >= 0.6 is 0 Å². The first-order valence-corrected chi connectivity index (χ1v) is 9.38. The van der Waals surface area contributed by atoms with Crippen molar-refractivity contribution in [1.82, 2.24) is 29.0 Å². The zero-order valence-electron chi connectivity index (χ0n) is 17.0. The van der Waals surface area contributed by atoms with Crippen LogP contribution in [0.15, 0.2) is 58.5 Å². The molecule has 0 fully saturated rings. The minimum atomic E-state index is -0.868. The number of aromatic nitrogens is 5. The number of rotatable bonds is 4. The maximum Gasteiger partial charge on any atom is 0.332 e. The molecule has 0 saturated carbocycles. The zero-order valence-corrected chi connectivity index (χ0v) is 17.0. The standard InChI is InChI=1S/C21H19FN6O3/c1-26-9-8-23-18(26)16(13-6-4-5-7-15(13)22)25-19(29)12-10-14-17(24-11-12)27(2)21(31)28(3)20(14)30/h4-11,16H,1-3H3,(H,25,29)/t16-/m0/s1. The first-order chi connectivity index (χ1) is 14.8. The molecule has 158 valence electrons. The molecule has 4 aromatic rings. The van der Waals surface area contributed by atoms with Gasteiger partial charge >= 0.3 is 5.69 Å². The Hall–Kier alpha value is -4.08. The van der Waals surface area contributed by atoms with E-state index in [1.54, 1.807) is 42.2 Å². The van der Waals surface area contributed by atoms with Gasteiger partial charge in [-0.3, -0.25) is 18.7 Å². The summed E-state index contributed by atoms with van der Waals surface area (Å²) >= 11 is 0. The van der Waals surface area contributed by atoms with Crippen molar-refractivity contribution in [2.75, 3.05) is 0 Å². The average molecular weight is 422 g/mol. The van der Waals surface area contributed by atoms with Crippen molar-refractivity contribution in [1.29, 1.82) is 0 Å². The van der Waals surface area contributed by atoms with Gasteiger partial charge < -0.3 is 9.88 Å². The Morgan fingerprint density at radius 3 is 2.52 bits per heavy atom. The van der Waals surface area contributed by atoms with E-state index in [4.69, 9.17) is 0 Å². The van der Waals surface area contributed by atoms with Crippen molar-refractivity contribution in [3.05, 3.63) is 92.5 Å². The number of carbonyl (C=O) groups is 1. The van der Waals surface area contributed by atoms with Gasteiger partial charge in [0.15, 0.2) is 0 Å². The van der Waals surface area contributed by atoms with Gasteiger partial charge in [-0.1, -0.05) is 18.2 Å². The number of amides is 1. The lowest BCUT2D eigenvalue weighted by molar-refractivity contribution is 0.0940. The minimum Gasteiger partial charge on any atom is -0.338 e. The molecule has 0 aliphatic rings. The lowest BCUT2D eigenvalue weighted by atomic mass is 10.0. The predicted octanol–water partition coefficient (Wildman–Crippen LogP) is 1.02. The highest BCUT2D eigenvalue weighted by Crippen LogP contribution is 2.23. The number of benzene rings is 1. The van der Waals surface area contributed by atoms with Crippen LogP contribution in [0, 0.1) is 5.82 Å². The minimum absolute atomic E-state index is 0.0961. The van der Waals surface area contributed by atoms with Crippen LogP contribution in [-0.2, 0) is 21.1 Å². The van der Waals surface area contributed by atoms with Crippen LogP contribution in [0.25, 0.3) is 11.0 Å². The summed E-state index contributed by atoms with van der Waals surface area (Å²) in [6.45, 7) is 0. The molecular formula is C21H19FN6O3. The molecule has 1 atom stereocenters. The molecule has 0 spiro atoms. The fraction of sp³-hybridized carbons (Fsp3) is 0.190. The molecule has 0 aliphatic carbocycles. The Morgan fingerprint density at radius 1 is 1.10 bits per heavy atom. The van der Waals surface area contributed by atoms with E-state index < -0.39 is 29.0 Å². The molecule has 3 aromatic heterocycles. The van der Waals surface area contributed by atoms with Crippen LogP contribution < -0.4 is 16.6 Å². The highest BCUT2D eigenvalue weighted by molar-refractivity contribution is 5.97. The smallest absolute Gasteiger partial charge is 0.332 e. The maximum absolute atomic E-state index is 14.5. The fourth-order valence-corrected chi connectivity index (χ4v) is 3.45. The van der Waals surface area contributed by atoms with Crippen LogP contribution in [-0.4, -0.2) is 29.6 Å². The van der Waals surface area contributed by atoms with E-state index in [1.165, 1.54) is 37.0 Å². The molecule has 1 N–H and O–H groups in total. The third-order valence-electron chi connectivity index (χ3n) is 5.16. The van der Waals surface area contributed by atoms with Crippen LogP contribution in [0.1, 0.15) is 27.8 Å². The third kappa shape index (κ3) is 3.41. The first kappa shape index (κ1) is 20.2. The quantitative estimate of drug-likeness (QED) is 0.529. The Labute approximate surface area is 175 Å². The van der Waals surface area contributed by atoms with Gasteiger partial charge in [0.1, 0.15) is 23.3 Å². The Balaban J connectivity index is 1.79. The van der Waals surface area contributed by atoms with Crippen molar-refractivity contribution in [3.63, 3.8) is 0 Å². The lowest BCUT2D eigenvalue weighted by Crippen LogP contribution is -2.37. The average Bonchev–Trinajstić information content (AvgIpc) is 3.20. The van der Waals surface area contributed by atoms with E-state index in [2.05, 4.69) is 15.3 Å². The second-order valence-electron chi connectivity index (χ2n) is 7.13. The van der Waals surface area contributed by atoms with E-state index >= 15 is 0 Å². The number of nitrogens with zero attached hydrogens (tertiary/aromatic N) is 5. The summed E-state index contributed by atoms with van der Waals surface area (Å²) in [5, 5.41) is 2.90. The molecule has 9 nitrogen and oxygen atoms in total. The van der Waals surface area contributed by atoms with Crippen LogP contribution in [0.2, 0.25) is 0 Å². The van der Waals surface area contributed by atoms with Gasteiger partial charge in [0.05, 0.1) is 10.9 Å². The summed E-state index contributed by atoms with van der Waals surface area (Å²) in [6, 6.07) is 6.60. The van der Waals surface area contributed by atoms with Crippen molar-refractivity contribution < 1.29 is 9.18 Å². The van der Waals surface area contributed by atoms with Gasteiger partial charge in [-0.05, 0) is 12.1 Å². The Kier molecular flexibility index (Phi) is 4.97. The summed E-state index contributed by atoms with van der Waals surface area (Å²) in [4.78, 5) is 46.0. The fourth-order valence-electron chi connectivity index (χ4n) is 3.45. The van der Waals surface area contributed by atoms with Gasteiger partial charge in [-0.2, -0.15) is 0 Å². The molecule has 10 heteroatoms. The van der Waals surface area contributed by atoms with Crippen LogP contribution in [0.3, 0.4) is 0 Å². The first-order valence-electron chi connectivity index (χ1n) is 9.38. The molecule has 0 unspecified atom stereocenters. The molecule has 0 aliphatic heterocycles. The van der Waals surface area contributed by atoms with Gasteiger partial charge in [-0.25, -0.2) is 19.2 Å². The summed E-state index contributed by atoms with van der Waals surface area (Å²) in [5.74, 6) is -0.622. The third-order valence-corrected chi connectivity index (χ3v) is 5.16. The van der Waals surface area contributed by atoms with E-state index in [0.29, 0.717) is 5.82 Å². The molecular weight excluding hydrogens is 403 g/mol. The molecule has 0 saturated heterocycles. The zero-order chi connectivity index (χ0) is 22.3. The molecule has 31 heavy (non-hydrogen) atoms. The highest BCUT2D eigenvalue weighted by atomic mass is 19.1. The second-order valence-corrected chi connectivity index (χ2v) is 7.13. The Bertz CT molecular complexity index is 1440. The predicted molar refractivity (Wildman–Crippen MR) is 111 cm³/mol. The molecule has 0 bridgehead atoms. The molecule has 0 radical (unpaired) electrons. The summed E-state index contributed by atoms with van der Waals surface area (Å²) in [6.07, 6.45) is 4.52. The summed E-state index contributed by atoms with van der Waals surface area (Å²) < 4.78 is 18.4. The second kappa shape index (κ2) is 7.63. The van der Waals surface area contributed by atoms with Crippen molar-refractivity contribution in [2.45, 2.75) is 6.04 Å². The maximum atomic E-state index is 14.5. The van der Waals surface area contributed by atoms with Gasteiger partial charge in [0.2, 0.25) is 0 Å². The van der Waals surface area contributed by atoms with Gasteiger partial charge in [0, 0.05) is 45.3 Å². The van der Waals surface area contributed by atoms with Gasteiger partial charge in [0.25, 0.3) is 11.5 Å². The van der Waals surface area contributed by atoms with Gasteiger partial charge in [-0.15, -0.1) is 0 Å². The van der Waals surface area contributed by atoms with E-state index in [1.807, 2.05) is 0 Å². The van der Waals surface area contributed by atoms with Crippen molar-refractivity contribution in [3.8, 4) is 0 Å². The molecule has 3 heterocycles. The Morgan fingerprint density at radius 2 is 1.84 bits per heavy atom. The molecule has 4 rings (SSSR count). The van der Waals surface area contributed by atoms with Crippen molar-refractivity contribution in [2.24, 2.45) is 21.1 Å². The topological polar surface area (TPSA) is 104 Å². The van der Waals surface area contributed by atoms with Crippen LogP contribution in [0.5, 0.6) is 0 Å². The number of nitrogens with one attached hydrogen (secondary N) is 1. The van der Waals surface area contributed by atoms with Crippen LogP contribution in [0.4, 0.5) is 4.39 Å². The number of hydrogen-bond donors (Lipinski definition) is 1. The number of imidazole rings is 1. The summed E-state index contributed by atoms with van der Waals surface area (Å²) in [5.41, 5.74) is -0.568. The van der Waals surface area contributed by atoms with Crippen molar-refractivity contribution >= 4 is 16.9 Å². The number of carbonyl (C=O) groups excluding carboxylic acids is 1. The SMILES string of the molecule is Cn1ccnc1[C@@H](NC(=O)c1cnc2c(c1)c(=O)n(C)c(=O)n2C)c1ccccc1F. The highest BCUT2D eigenvalue weighted by Gasteiger charge is 2.24. The largest absolute Gasteiger partial charge is 0.338 e. The number of halogens is 1. The molecule has 1 aromatic carbocycles. The number of hydrogen-bond acceptors (Lipinski definition) is 5. The monoisotopic (exact) mass is 422 g/mol. The normalized spacial score (nSPS) is 12.1. The number of fused-ring (bicyclic) bond motifs is 1.